The molecule has 1 aliphatic heterocycles. The van der Waals surface area contributed by atoms with Crippen LogP contribution in [0.5, 0.6) is 0 Å². The van der Waals surface area contributed by atoms with Gasteiger partial charge in [-0.15, -0.1) is 11.3 Å². The molecule has 0 N–H and O–H groups in total. The maximum Gasteiger partial charge on any atom is 0.234 e. The minimum absolute atomic E-state index is 0.131. The number of rotatable bonds is 4. The molecule has 2 aliphatic carbocycles. The zero-order valence-electron chi connectivity index (χ0n) is 16.8. The van der Waals surface area contributed by atoms with E-state index in [2.05, 4.69) is 29.6 Å². The zero-order valence-corrected chi connectivity index (χ0v) is 17.6. The minimum Gasteiger partial charge on any atom is -0.339 e. The fraction of sp³-hybridized carbons (Fsp3) is 0.500. The second-order valence-electron chi connectivity index (χ2n) is 8.74. The summed E-state index contributed by atoms with van der Waals surface area (Å²) < 4.78 is 0. The SMILES string of the molecule is O=C([C@@H]1C[C@@H]1c1ccccc1)N1CCN(C(=O)C2(c3cccs3)CCCC2)CC1. The van der Waals surface area contributed by atoms with Gasteiger partial charge in [-0.05, 0) is 42.2 Å². The van der Waals surface area contributed by atoms with Gasteiger partial charge < -0.3 is 9.80 Å². The van der Waals surface area contributed by atoms with Crippen molar-refractivity contribution in [3.8, 4) is 0 Å². The molecule has 0 radical (unpaired) electrons. The van der Waals surface area contributed by atoms with E-state index < -0.39 is 0 Å². The van der Waals surface area contributed by atoms with Gasteiger partial charge in [0.1, 0.15) is 0 Å². The number of nitrogens with zero attached hydrogens (tertiary/aromatic N) is 2. The summed E-state index contributed by atoms with van der Waals surface area (Å²) in [6, 6.07) is 14.6. The van der Waals surface area contributed by atoms with Crippen molar-refractivity contribution >= 4 is 23.2 Å². The Kier molecular flexibility index (Phi) is 4.94. The van der Waals surface area contributed by atoms with E-state index in [1.54, 1.807) is 11.3 Å². The third kappa shape index (κ3) is 3.39. The van der Waals surface area contributed by atoms with Gasteiger partial charge in [0, 0.05) is 37.0 Å². The molecular weight excluding hydrogens is 380 g/mol. The van der Waals surface area contributed by atoms with Crippen molar-refractivity contribution in [3.63, 3.8) is 0 Å². The van der Waals surface area contributed by atoms with E-state index >= 15 is 0 Å². The number of hydrogen-bond acceptors (Lipinski definition) is 3. The molecule has 2 amide bonds. The largest absolute Gasteiger partial charge is 0.339 e. The lowest BCUT2D eigenvalue weighted by Gasteiger charge is -2.39. The molecule has 1 aromatic carbocycles. The fourth-order valence-corrected chi connectivity index (χ4v) is 6.28. The molecule has 29 heavy (non-hydrogen) atoms. The topological polar surface area (TPSA) is 40.6 Å². The number of amides is 2. The number of carbonyl (C=O) groups is 2. The lowest BCUT2D eigenvalue weighted by atomic mass is 9.82. The Balaban J connectivity index is 1.21. The van der Waals surface area contributed by atoms with Crippen LogP contribution >= 0.6 is 11.3 Å². The van der Waals surface area contributed by atoms with E-state index in [4.69, 9.17) is 0 Å². The summed E-state index contributed by atoms with van der Waals surface area (Å²) in [5.74, 6) is 1.08. The number of hydrogen-bond donors (Lipinski definition) is 0. The van der Waals surface area contributed by atoms with Crippen LogP contribution in [0, 0.1) is 5.92 Å². The normalized spacial score (nSPS) is 25.8. The van der Waals surface area contributed by atoms with Crippen LogP contribution in [-0.2, 0) is 15.0 Å². The first-order chi connectivity index (χ1) is 14.2. The Morgan fingerprint density at radius 3 is 2.24 bits per heavy atom. The predicted molar refractivity (Wildman–Crippen MR) is 115 cm³/mol. The summed E-state index contributed by atoms with van der Waals surface area (Å²) in [6.45, 7) is 2.67. The standard InChI is InChI=1S/C24H28N2O2S/c27-22(20-17-19(20)18-7-2-1-3-8-18)25-12-14-26(15-13-25)23(28)24(10-4-5-11-24)21-9-6-16-29-21/h1-3,6-9,16,19-20H,4-5,10-15,17H2/t19-,20-/m1/s1. The zero-order chi connectivity index (χ0) is 19.8. The molecule has 0 unspecified atom stereocenters. The molecule has 2 aromatic rings. The maximum absolute atomic E-state index is 13.5. The lowest BCUT2D eigenvalue weighted by molar-refractivity contribution is -0.143. The molecule has 2 saturated carbocycles. The molecule has 152 valence electrons. The van der Waals surface area contributed by atoms with Gasteiger partial charge >= 0.3 is 0 Å². The highest BCUT2D eigenvalue weighted by molar-refractivity contribution is 7.10. The van der Waals surface area contributed by atoms with Crippen LogP contribution in [0.3, 0.4) is 0 Å². The van der Waals surface area contributed by atoms with Crippen LogP contribution in [-0.4, -0.2) is 47.8 Å². The van der Waals surface area contributed by atoms with Crippen LogP contribution in [0.2, 0.25) is 0 Å². The molecule has 2 heterocycles. The Bertz CT molecular complexity index is 866. The van der Waals surface area contributed by atoms with Crippen molar-refractivity contribution in [3.05, 3.63) is 58.3 Å². The number of thiophene rings is 1. The number of benzene rings is 1. The molecule has 3 fully saturated rings. The van der Waals surface area contributed by atoms with Gasteiger partial charge in [-0.1, -0.05) is 49.2 Å². The third-order valence-electron chi connectivity index (χ3n) is 7.07. The highest BCUT2D eigenvalue weighted by atomic mass is 32.1. The van der Waals surface area contributed by atoms with Gasteiger partial charge in [-0.2, -0.15) is 0 Å². The Labute approximate surface area is 176 Å². The monoisotopic (exact) mass is 408 g/mol. The number of carbonyl (C=O) groups excluding carboxylic acids is 2. The highest BCUT2D eigenvalue weighted by Gasteiger charge is 2.48. The molecule has 5 rings (SSSR count). The van der Waals surface area contributed by atoms with Crippen LogP contribution in [0.25, 0.3) is 0 Å². The van der Waals surface area contributed by atoms with E-state index in [1.807, 2.05) is 28.0 Å². The molecule has 2 atom stereocenters. The van der Waals surface area contributed by atoms with Crippen molar-refractivity contribution in [2.45, 2.75) is 43.4 Å². The smallest absolute Gasteiger partial charge is 0.234 e. The Hall–Kier alpha value is -2.14. The molecule has 0 bridgehead atoms. The summed E-state index contributed by atoms with van der Waals surface area (Å²) in [4.78, 5) is 31.7. The van der Waals surface area contributed by atoms with Crippen molar-refractivity contribution < 1.29 is 9.59 Å². The van der Waals surface area contributed by atoms with Gasteiger partial charge in [-0.25, -0.2) is 0 Å². The van der Waals surface area contributed by atoms with Gasteiger partial charge in [0.25, 0.3) is 0 Å². The molecular formula is C24H28N2O2S. The van der Waals surface area contributed by atoms with E-state index in [-0.39, 0.29) is 23.1 Å². The van der Waals surface area contributed by atoms with Crippen LogP contribution in [0.4, 0.5) is 0 Å². The average molecular weight is 409 g/mol. The Morgan fingerprint density at radius 2 is 1.59 bits per heavy atom. The van der Waals surface area contributed by atoms with E-state index in [0.29, 0.717) is 32.1 Å². The number of piperazine rings is 1. The molecule has 1 saturated heterocycles. The summed E-state index contributed by atoms with van der Waals surface area (Å²) in [5, 5.41) is 2.08. The third-order valence-corrected chi connectivity index (χ3v) is 8.15. The molecule has 1 aromatic heterocycles. The molecule has 4 nitrogen and oxygen atoms in total. The second-order valence-corrected chi connectivity index (χ2v) is 9.69. The second kappa shape index (κ2) is 7.60. The first-order valence-electron chi connectivity index (χ1n) is 10.9. The van der Waals surface area contributed by atoms with E-state index in [9.17, 15) is 9.59 Å². The summed E-state index contributed by atoms with van der Waals surface area (Å²) in [7, 11) is 0. The minimum atomic E-state index is -0.310. The van der Waals surface area contributed by atoms with Gasteiger partial charge in [-0.3, -0.25) is 9.59 Å². The van der Waals surface area contributed by atoms with Gasteiger partial charge in [0.15, 0.2) is 0 Å². The van der Waals surface area contributed by atoms with Crippen molar-refractivity contribution in [2.75, 3.05) is 26.2 Å². The summed E-state index contributed by atoms with van der Waals surface area (Å²) in [5.41, 5.74) is 0.966. The maximum atomic E-state index is 13.5. The van der Waals surface area contributed by atoms with Crippen molar-refractivity contribution in [2.24, 2.45) is 5.92 Å². The molecule has 5 heteroatoms. The first-order valence-corrected chi connectivity index (χ1v) is 11.7. The quantitative estimate of drug-likeness (QED) is 0.766. The van der Waals surface area contributed by atoms with Gasteiger partial charge in [0.05, 0.1) is 5.41 Å². The van der Waals surface area contributed by atoms with Crippen LogP contribution in [0.15, 0.2) is 47.8 Å². The molecule has 0 spiro atoms. The van der Waals surface area contributed by atoms with E-state index in [1.165, 1.54) is 10.4 Å². The first kappa shape index (κ1) is 18.9. The summed E-state index contributed by atoms with van der Waals surface area (Å²) >= 11 is 1.72. The van der Waals surface area contributed by atoms with Crippen molar-refractivity contribution in [1.82, 2.24) is 9.80 Å². The average Bonchev–Trinajstić information content (AvgIpc) is 3.15. The van der Waals surface area contributed by atoms with Gasteiger partial charge in [0.2, 0.25) is 11.8 Å². The fourth-order valence-electron chi connectivity index (χ4n) is 5.30. The molecule has 3 aliphatic rings. The lowest BCUT2D eigenvalue weighted by Crippen LogP contribution is -2.55. The predicted octanol–water partition coefficient (Wildman–Crippen LogP) is 4.03. The van der Waals surface area contributed by atoms with E-state index in [0.717, 1.165) is 32.1 Å². The van der Waals surface area contributed by atoms with Crippen LogP contribution < -0.4 is 0 Å². The highest BCUT2D eigenvalue weighted by Crippen LogP contribution is 2.48. The van der Waals surface area contributed by atoms with Crippen LogP contribution in [0.1, 0.15) is 48.5 Å². The Morgan fingerprint density at radius 1 is 0.897 bits per heavy atom. The van der Waals surface area contributed by atoms with Crippen molar-refractivity contribution in [1.29, 1.82) is 0 Å². The summed E-state index contributed by atoms with van der Waals surface area (Å²) in [6.07, 6.45) is 5.15.